The number of allylic oxidation sites excluding steroid dienone is 1. The fraction of sp³-hybridized carbons (Fsp3) is 0.250. The Balaban J connectivity index is 3.57. The molecule has 3 heteroatoms. The van der Waals surface area contributed by atoms with E-state index in [0.717, 1.165) is 0 Å². The van der Waals surface area contributed by atoms with Crippen molar-refractivity contribution in [2.24, 2.45) is 0 Å². The molecule has 2 nitrogen and oxygen atoms in total. The molecule has 0 rings (SSSR count). The van der Waals surface area contributed by atoms with Crippen LogP contribution in [0.25, 0.3) is 0 Å². The molecule has 0 bridgehead atoms. The van der Waals surface area contributed by atoms with Gasteiger partial charge < -0.3 is 4.74 Å². The van der Waals surface area contributed by atoms with Crippen molar-refractivity contribution in [3.63, 3.8) is 0 Å². The van der Waals surface area contributed by atoms with Gasteiger partial charge in [0.2, 0.25) is 0 Å². The molecule has 0 saturated heterocycles. The number of hydrogen-bond donors (Lipinski definition) is 0. The van der Waals surface area contributed by atoms with Crippen molar-refractivity contribution >= 4 is 15.9 Å². The predicted octanol–water partition coefficient (Wildman–Crippen LogP) is 1.39. The molecule has 0 saturated carbocycles. The van der Waals surface area contributed by atoms with Gasteiger partial charge in [-0.05, 0) is 15.9 Å². The Labute approximate surface area is 50.5 Å². The monoisotopic (exact) mass is 161 g/mol. The summed E-state index contributed by atoms with van der Waals surface area (Å²) < 4.78 is 4.86. The second-order valence-corrected chi connectivity index (χ2v) is 1.67. The topological polar surface area (TPSA) is 33.0 Å². The lowest BCUT2D eigenvalue weighted by Crippen LogP contribution is -1.65. The molecule has 0 amide bonds. The van der Waals surface area contributed by atoms with Crippen molar-refractivity contribution in [1.29, 1.82) is 5.26 Å². The van der Waals surface area contributed by atoms with Crippen LogP contribution in [0.5, 0.6) is 0 Å². The maximum atomic E-state index is 8.02. The van der Waals surface area contributed by atoms with E-state index >= 15 is 0 Å². The highest BCUT2D eigenvalue weighted by Gasteiger charge is 1.79. The molecule has 0 aromatic carbocycles. The minimum atomic E-state index is 0.398. The summed E-state index contributed by atoms with van der Waals surface area (Å²) in [6.07, 6.45) is 1.32. The summed E-state index contributed by atoms with van der Waals surface area (Å²) in [5.74, 6) is 0. The van der Waals surface area contributed by atoms with Crippen LogP contribution in [-0.2, 0) is 4.74 Å². The van der Waals surface area contributed by atoms with Gasteiger partial charge >= 0.3 is 0 Å². The average molecular weight is 162 g/mol. The smallest absolute Gasteiger partial charge is 0.129 e. The Morgan fingerprint density at radius 3 is 2.71 bits per heavy atom. The number of ether oxygens (including phenoxy) is 1. The zero-order valence-corrected chi connectivity index (χ0v) is 5.40. The van der Waals surface area contributed by atoms with E-state index in [0.29, 0.717) is 4.48 Å². The summed E-state index contributed by atoms with van der Waals surface area (Å²) in [7, 11) is 1.48. The Bertz CT molecular complexity index is 113. The lowest BCUT2D eigenvalue weighted by Gasteiger charge is -1.81. The highest BCUT2D eigenvalue weighted by atomic mass is 79.9. The van der Waals surface area contributed by atoms with Gasteiger partial charge in [0.05, 0.1) is 7.11 Å². The van der Waals surface area contributed by atoms with Crippen molar-refractivity contribution in [2.45, 2.75) is 0 Å². The van der Waals surface area contributed by atoms with Crippen LogP contribution in [0.4, 0.5) is 0 Å². The molecule has 0 aromatic heterocycles. The number of rotatable bonds is 1. The lowest BCUT2D eigenvalue weighted by molar-refractivity contribution is 0.337. The molecule has 0 fully saturated rings. The van der Waals surface area contributed by atoms with Crippen molar-refractivity contribution in [1.82, 2.24) is 0 Å². The molecule has 0 spiro atoms. The van der Waals surface area contributed by atoms with Gasteiger partial charge in [-0.15, -0.1) is 0 Å². The van der Waals surface area contributed by atoms with Crippen molar-refractivity contribution in [3.05, 3.63) is 10.7 Å². The molecule has 0 atom stereocenters. The molecule has 0 aliphatic carbocycles. The maximum absolute atomic E-state index is 8.02. The van der Waals surface area contributed by atoms with Crippen molar-refractivity contribution < 1.29 is 4.74 Å². The fourth-order valence-corrected chi connectivity index (χ4v) is 0.317. The van der Waals surface area contributed by atoms with Gasteiger partial charge in [-0.1, -0.05) is 0 Å². The molecule has 0 radical (unpaired) electrons. The number of halogens is 1. The first kappa shape index (κ1) is 6.51. The molecule has 0 aliphatic rings. The van der Waals surface area contributed by atoms with Crippen molar-refractivity contribution in [2.75, 3.05) is 7.11 Å². The predicted molar refractivity (Wildman–Crippen MR) is 29.6 cm³/mol. The second-order valence-electron chi connectivity index (χ2n) is 0.813. The van der Waals surface area contributed by atoms with Crippen LogP contribution in [0.1, 0.15) is 0 Å². The summed E-state index contributed by atoms with van der Waals surface area (Å²) in [6, 6.07) is 1.82. The number of hydrogen-bond acceptors (Lipinski definition) is 2. The van der Waals surface area contributed by atoms with Crippen LogP contribution in [0.2, 0.25) is 0 Å². The number of nitrogens with zero attached hydrogens (tertiary/aromatic N) is 1. The van der Waals surface area contributed by atoms with Crippen LogP contribution in [0, 0.1) is 11.3 Å². The summed E-state index contributed by atoms with van der Waals surface area (Å²) in [6.45, 7) is 0. The Morgan fingerprint density at radius 1 is 2.00 bits per heavy atom. The van der Waals surface area contributed by atoms with Crippen LogP contribution in [-0.4, -0.2) is 7.11 Å². The largest absolute Gasteiger partial charge is 0.502 e. The van der Waals surface area contributed by atoms with Gasteiger partial charge in [-0.2, -0.15) is 5.26 Å². The van der Waals surface area contributed by atoms with E-state index in [-0.39, 0.29) is 0 Å². The molecule has 38 valence electrons. The van der Waals surface area contributed by atoms with Gasteiger partial charge in [0.1, 0.15) is 16.8 Å². The third-order valence-electron chi connectivity index (χ3n) is 0.328. The number of methoxy groups -OCH3 is 1. The van der Waals surface area contributed by atoms with Crippen LogP contribution in [0.3, 0.4) is 0 Å². The van der Waals surface area contributed by atoms with E-state index in [1.54, 1.807) is 0 Å². The Kier molecular flexibility index (Phi) is 3.43. The van der Waals surface area contributed by atoms with Crippen LogP contribution >= 0.6 is 15.9 Å². The molecular formula is C4H4BrNO. The number of nitriles is 1. The summed E-state index contributed by atoms with van der Waals surface area (Å²) in [5, 5.41) is 8.02. The third-order valence-corrected chi connectivity index (χ3v) is 0.692. The van der Waals surface area contributed by atoms with Gasteiger partial charge in [-0.25, -0.2) is 0 Å². The van der Waals surface area contributed by atoms with Crippen molar-refractivity contribution in [3.8, 4) is 6.07 Å². The van der Waals surface area contributed by atoms with Gasteiger partial charge in [0, 0.05) is 0 Å². The first-order chi connectivity index (χ1) is 3.31. The van der Waals surface area contributed by atoms with Crippen LogP contribution in [0.15, 0.2) is 10.7 Å². The Hall–Kier alpha value is -0.490. The maximum Gasteiger partial charge on any atom is 0.129 e. The van der Waals surface area contributed by atoms with Gasteiger partial charge in [0.15, 0.2) is 0 Å². The fourth-order valence-electron chi connectivity index (χ4n) is 0.130. The first-order valence-corrected chi connectivity index (χ1v) is 2.39. The molecule has 7 heavy (non-hydrogen) atoms. The highest BCUT2D eigenvalue weighted by molar-refractivity contribution is 9.12. The molecule has 0 aliphatic heterocycles. The quantitative estimate of drug-likeness (QED) is 0.431. The van der Waals surface area contributed by atoms with E-state index < -0.39 is 0 Å². The highest BCUT2D eigenvalue weighted by Crippen LogP contribution is 1.99. The molecule has 0 heterocycles. The SMILES string of the molecule is COC=C(Br)C#N. The van der Waals surface area contributed by atoms with Gasteiger partial charge in [0.25, 0.3) is 0 Å². The minimum absolute atomic E-state index is 0.398. The standard InChI is InChI=1S/C4H4BrNO/c1-7-3-4(5)2-6/h3H,1H3. The molecular weight excluding hydrogens is 158 g/mol. The summed E-state index contributed by atoms with van der Waals surface area (Å²) >= 11 is 2.91. The zero-order chi connectivity index (χ0) is 5.70. The normalized spacial score (nSPS) is 10.1. The summed E-state index contributed by atoms with van der Waals surface area (Å²) in [4.78, 5) is 0. The van der Waals surface area contributed by atoms with E-state index in [1.165, 1.54) is 13.4 Å². The third kappa shape index (κ3) is 3.34. The van der Waals surface area contributed by atoms with E-state index in [9.17, 15) is 0 Å². The molecule has 0 aromatic rings. The van der Waals surface area contributed by atoms with Crippen LogP contribution < -0.4 is 0 Å². The summed E-state index contributed by atoms with van der Waals surface area (Å²) in [5.41, 5.74) is 0. The molecule has 0 N–H and O–H groups in total. The van der Waals surface area contributed by atoms with E-state index in [4.69, 9.17) is 5.26 Å². The lowest BCUT2D eigenvalue weighted by atomic mass is 10.7. The second kappa shape index (κ2) is 3.69. The molecule has 0 unspecified atom stereocenters. The van der Waals surface area contributed by atoms with E-state index in [1.807, 2.05) is 6.07 Å². The van der Waals surface area contributed by atoms with Gasteiger partial charge in [-0.3, -0.25) is 0 Å². The average Bonchev–Trinajstić information content (AvgIpc) is 1.68. The van der Waals surface area contributed by atoms with E-state index in [2.05, 4.69) is 20.7 Å². The first-order valence-electron chi connectivity index (χ1n) is 1.60. The zero-order valence-electron chi connectivity index (χ0n) is 3.81. The Morgan fingerprint density at radius 2 is 2.57 bits per heavy atom. The minimum Gasteiger partial charge on any atom is -0.502 e.